The molecule has 0 unspecified atom stereocenters. The Morgan fingerprint density at radius 1 is 1.14 bits per heavy atom. The molecule has 0 radical (unpaired) electrons. The number of carbonyl (C=O) groups excluding carboxylic acids is 1. The topological polar surface area (TPSA) is 200 Å². The van der Waals surface area contributed by atoms with E-state index in [1.54, 1.807) is 6.92 Å². The highest BCUT2D eigenvalue weighted by molar-refractivity contribution is 6.27. The molecule has 14 heteroatoms. The van der Waals surface area contributed by atoms with E-state index in [2.05, 4.69) is 30.2 Å². The van der Waals surface area contributed by atoms with Crippen LogP contribution in [0.4, 0.5) is 5.82 Å². The quantitative estimate of drug-likeness (QED) is 0.394. The third-order valence-corrected chi connectivity index (χ3v) is 3.38. The fraction of sp³-hybridized carbons (Fsp3) is 0.500. The molecule has 2 heterocycles. The predicted octanol–water partition coefficient (Wildman–Crippen LogP) is -0.593. The number of nitrogens with zero attached hydrogens (tertiary/aromatic N) is 6. The normalized spacial score (nSPS) is 10.3. The van der Waals surface area contributed by atoms with E-state index in [0.29, 0.717) is 12.2 Å². The Kier molecular flexibility index (Phi) is 8.48. The molecule has 2 rings (SSSR count). The molecule has 0 aliphatic rings. The van der Waals surface area contributed by atoms with Crippen molar-refractivity contribution in [2.75, 3.05) is 25.4 Å². The molecule has 2 aromatic heterocycles. The lowest BCUT2D eigenvalue weighted by atomic mass is 10.3. The molecule has 0 bridgehead atoms. The van der Waals surface area contributed by atoms with Crippen LogP contribution in [0.2, 0.25) is 0 Å². The van der Waals surface area contributed by atoms with Gasteiger partial charge < -0.3 is 20.7 Å². The number of rotatable bonds is 7. The average Bonchev–Trinajstić information content (AvgIpc) is 3.25. The van der Waals surface area contributed by atoms with Crippen molar-refractivity contribution >= 4 is 23.7 Å². The summed E-state index contributed by atoms with van der Waals surface area (Å²) < 4.78 is 11.0. The van der Waals surface area contributed by atoms with Crippen LogP contribution in [0.25, 0.3) is 5.82 Å². The number of aromatic nitrogens is 5. The van der Waals surface area contributed by atoms with Gasteiger partial charge in [-0.3, -0.25) is 4.90 Å². The molecule has 0 fully saturated rings. The van der Waals surface area contributed by atoms with Gasteiger partial charge in [0.25, 0.3) is 0 Å². The maximum Gasteiger partial charge on any atom is 0.414 e. The maximum atomic E-state index is 12.0. The highest BCUT2D eigenvalue weighted by atomic mass is 16.6. The van der Waals surface area contributed by atoms with Crippen LogP contribution < -0.4 is 5.73 Å². The van der Waals surface area contributed by atoms with Gasteiger partial charge in [-0.05, 0) is 30.3 Å². The van der Waals surface area contributed by atoms with Gasteiger partial charge in [-0.1, -0.05) is 19.1 Å². The molecule has 14 nitrogen and oxygen atoms in total. The lowest BCUT2D eigenvalue weighted by molar-refractivity contribution is -0.159. The lowest BCUT2D eigenvalue weighted by Gasteiger charge is -2.18. The van der Waals surface area contributed by atoms with Crippen LogP contribution in [0.1, 0.15) is 37.0 Å². The summed E-state index contributed by atoms with van der Waals surface area (Å²) in [4.78, 5) is 32.3. The summed E-state index contributed by atoms with van der Waals surface area (Å²) >= 11 is 0. The second kappa shape index (κ2) is 10.6. The zero-order valence-corrected chi connectivity index (χ0v) is 15.5. The fourth-order valence-electron chi connectivity index (χ4n) is 1.97. The molecular formula is C14H21N7O7. The predicted molar refractivity (Wildman–Crippen MR) is 91.5 cm³/mol. The number of nitrogen functional groups attached to an aromatic ring is 1. The fourth-order valence-corrected chi connectivity index (χ4v) is 1.97. The number of anilines is 1. The second-order valence-corrected chi connectivity index (χ2v) is 5.06. The monoisotopic (exact) mass is 399 g/mol. The van der Waals surface area contributed by atoms with Gasteiger partial charge in [0.1, 0.15) is 0 Å². The third kappa shape index (κ3) is 5.73. The molecule has 0 atom stereocenters. The van der Waals surface area contributed by atoms with Crippen molar-refractivity contribution in [1.82, 2.24) is 30.2 Å². The molecule has 28 heavy (non-hydrogen) atoms. The highest BCUT2D eigenvalue weighted by Gasteiger charge is 2.25. The SMILES string of the molecule is CCOC(=O)c1nnn(-c2nonc2N)c1CN(CC)CC.O=C(O)C(=O)O. The number of carbonyl (C=O) groups is 3. The van der Waals surface area contributed by atoms with Crippen LogP contribution in [0.15, 0.2) is 4.63 Å². The van der Waals surface area contributed by atoms with Crippen molar-refractivity contribution in [2.24, 2.45) is 0 Å². The van der Waals surface area contributed by atoms with Crippen molar-refractivity contribution in [3.63, 3.8) is 0 Å². The summed E-state index contributed by atoms with van der Waals surface area (Å²) in [6.45, 7) is 8.07. The van der Waals surface area contributed by atoms with Gasteiger partial charge in [0, 0.05) is 6.54 Å². The van der Waals surface area contributed by atoms with Crippen LogP contribution >= 0.6 is 0 Å². The van der Waals surface area contributed by atoms with Gasteiger partial charge in [-0.15, -0.1) is 5.10 Å². The van der Waals surface area contributed by atoms with E-state index in [9.17, 15) is 4.79 Å². The Bertz CT molecular complexity index is 801. The Hall–Kier alpha value is -3.55. The molecule has 0 amide bonds. The zero-order valence-electron chi connectivity index (χ0n) is 15.5. The standard InChI is InChI=1S/C12H19N7O3.C2H2O4/c1-4-18(5-2)7-8-9(12(20)21-6-3)14-17-19(8)11-10(13)15-22-16-11;3-1(4)2(5)6/h4-7H2,1-3H3,(H2,13,15);(H,3,4)(H,5,6). The summed E-state index contributed by atoms with van der Waals surface area (Å²) in [5.74, 6) is -3.91. The average molecular weight is 399 g/mol. The first-order valence-electron chi connectivity index (χ1n) is 8.15. The Morgan fingerprint density at radius 3 is 2.18 bits per heavy atom. The molecule has 0 saturated carbocycles. The summed E-state index contributed by atoms with van der Waals surface area (Å²) in [5.41, 5.74) is 6.36. The Labute approximate surface area is 158 Å². The van der Waals surface area contributed by atoms with E-state index in [1.165, 1.54) is 4.68 Å². The van der Waals surface area contributed by atoms with Crippen molar-refractivity contribution in [3.8, 4) is 5.82 Å². The van der Waals surface area contributed by atoms with Crippen LogP contribution in [-0.2, 0) is 20.9 Å². The van der Waals surface area contributed by atoms with Gasteiger partial charge in [0.05, 0.1) is 12.3 Å². The van der Waals surface area contributed by atoms with Gasteiger partial charge in [-0.2, -0.15) is 4.68 Å². The van der Waals surface area contributed by atoms with E-state index in [-0.39, 0.29) is 23.9 Å². The molecule has 0 aliphatic heterocycles. The lowest BCUT2D eigenvalue weighted by Crippen LogP contribution is -2.25. The van der Waals surface area contributed by atoms with E-state index in [4.69, 9.17) is 30.3 Å². The van der Waals surface area contributed by atoms with Gasteiger partial charge in [-0.25, -0.2) is 19.0 Å². The molecule has 0 aliphatic carbocycles. The molecule has 4 N–H and O–H groups in total. The first-order chi connectivity index (χ1) is 13.3. The van der Waals surface area contributed by atoms with Crippen LogP contribution in [0, 0.1) is 0 Å². The van der Waals surface area contributed by atoms with E-state index in [1.807, 2.05) is 13.8 Å². The minimum Gasteiger partial charge on any atom is -0.473 e. The second-order valence-electron chi connectivity index (χ2n) is 5.06. The first-order valence-corrected chi connectivity index (χ1v) is 8.15. The number of carboxylic acid groups (broad SMARTS) is 2. The summed E-state index contributed by atoms with van der Waals surface area (Å²) in [6, 6.07) is 0. The Morgan fingerprint density at radius 2 is 1.75 bits per heavy atom. The van der Waals surface area contributed by atoms with Crippen molar-refractivity contribution in [2.45, 2.75) is 27.3 Å². The van der Waals surface area contributed by atoms with Gasteiger partial charge >= 0.3 is 17.9 Å². The molecular weight excluding hydrogens is 378 g/mol. The number of esters is 1. The smallest absolute Gasteiger partial charge is 0.414 e. The van der Waals surface area contributed by atoms with Crippen LogP contribution in [0.5, 0.6) is 0 Å². The summed E-state index contributed by atoms with van der Waals surface area (Å²) in [6.07, 6.45) is 0. The van der Waals surface area contributed by atoms with Crippen LogP contribution in [-0.4, -0.2) is 78.0 Å². The van der Waals surface area contributed by atoms with Gasteiger partial charge in [0.15, 0.2) is 5.69 Å². The highest BCUT2D eigenvalue weighted by Crippen LogP contribution is 2.18. The molecule has 2 aromatic rings. The van der Waals surface area contributed by atoms with E-state index in [0.717, 1.165) is 13.1 Å². The number of hydrogen-bond acceptors (Lipinski definition) is 11. The number of ether oxygens (including phenoxy) is 1. The van der Waals surface area contributed by atoms with Crippen molar-refractivity contribution in [1.29, 1.82) is 0 Å². The molecule has 0 aromatic carbocycles. The molecule has 0 spiro atoms. The van der Waals surface area contributed by atoms with E-state index >= 15 is 0 Å². The molecule has 154 valence electrons. The molecule has 0 saturated heterocycles. The largest absolute Gasteiger partial charge is 0.473 e. The van der Waals surface area contributed by atoms with Gasteiger partial charge in [0.2, 0.25) is 11.6 Å². The summed E-state index contributed by atoms with van der Waals surface area (Å²) in [5, 5.41) is 29.8. The minimum absolute atomic E-state index is 0.0705. The van der Waals surface area contributed by atoms with Crippen LogP contribution in [0.3, 0.4) is 0 Å². The first kappa shape index (κ1) is 22.5. The summed E-state index contributed by atoms with van der Waals surface area (Å²) in [7, 11) is 0. The maximum absolute atomic E-state index is 12.0. The zero-order chi connectivity index (χ0) is 21.3. The Balaban J connectivity index is 0.000000568. The number of carboxylic acids is 2. The number of nitrogens with two attached hydrogens (primary N) is 1. The van der Waals surface area contributed by atoms with E-state index < -0.39 is 17.9 Å². The number of aliphatic carboxylic acids is 2. The van der Waals surface area contributed by atoms with Crippen molar-refractivity contribution in [3.05, 3.63) is 11.4 Å². The minimum atomic E-state index is -1.82. The van der Waals surface area contributed by atoms with Crippen molar-refractivity contribution < 1.29 is 34.0 Å². The number of hydrogen-bond donors (Lipinski definition) is 3. The third-order valence-electron chi connectivity index (χ3n) is 3.38.